The van der Waals surface area contributed by atoms with E-state index in [-0.39, 0.29) is 0 Å². The fraction of sp³-hybridized carbons (Fsp3) is 0.692. The minimum absolute atomic E-state index is 0.484. The van der Waals surface area contributed by atoms with Crippen LogP contribution in [0.4, 0.5) is 0 Å². The summed E-state index contributed by atoms with van der Waals surface area (Å²) in [6.07, 6.45) is 4.08. The van der Waals surface area contributed by atoms with Gasteiger partial charge in [-0.05, 0) is 44.5 Å². The van der Waals surface area contributed by atoms with E-state index in [1.54, 1.807) is 0 Å². The molecule has 1 aliphatic rings. The van der Waals surface area contributed by atoms with Gasteiger partial charge in [-0.15, -0.1) is 11.3 Å². The van der Waals surface area contributed by atoms with Crippen LogP contribution in [0.5, 0.6) is 0 Å². The van der Waals surface area contributed by atoms with Crippen molar-refractivity contribution in [3.8, 4) is 0 Å². The fourth-order valence-corrected chi connectivity index (χ4v) is 3.86. The van der Waals surface area contributed by atoms with Crippen LogP contribution in [-0.2, 0) is 6.54 Å². The maximum Gasteiger partial charge on any atom is 0.0989 e. The van der Waals surface area contributed by atoms with E-state index < -0.39 is 0 Å². The third-order valence-corrected chi connectivity index (χ3v) is 4.92. The van der Waals surface area contributed by atoms with E-state index in [2.05, 4.69) is 17.1 Å². The van der Waals surface area contributed by atoms with Crippen molar-refractivity contribution in [2.75, 3.05) is 19.6 Å². The average molecular weight is 307 g/mol. The summed E-state index contributed by atoms with van der Waals surface area (Å²) in [4.78, 5) is 2.55. The van der Waals surface area contributed by atoms with Crippen LogP contribution < -0.4 is 5.32 Å². The van der Waals surface area contributed by atoms with Gasteiger partial charge in [0.25, 0.3) is 0 Å². The molecule has 2 rings (SSSR count). The molecule has 5 heteroatoms. The van der Waals surface area contributed by atoms with Gasteiger partial charge in [-0.25, -0.2) is 0 Å². The molecule has 0 radical (unpaired) electrons. The van der Waals surface area contributed by atoms with Crippen LogP contribution in [0.2, 0.25) is 8.67 Å². The normalized spacial score (nSPS) is 19.1. The van der Waals surface area contributed by atoms with Gasteiger partial charge in [-0.3, -0.25) is 0 Å². The average Bonchev–Trinajstić information content (AvgIpc) is 2.66. The Kier molecular flexibility index (Phi) is 5.77. The molecule has 0 aliphatic carbocycles. The Labute approximate surface area is 123 Å². The van der Waals surface area contributed by atoms with Gasteiger partial charge in [-0.2, -0.15) is 0 Å². The Morgan fingerprint density at radius 2 is 2.06 bits per heavy atom. The highest BCUT2D eigenvalue weighted by Gasteiger charge is 2.13. The van der Waals surface area contributed by atoms with Crippen LogP contribution in [0, 0.1) is 0 Å². The van der Waals surface area contributed by atoms with Gasteiger partial charge >= 0.3 is 0 Å². The predicted molar refractivity (Wildman–Crippen MR) is 80.9 cm³/mol. The van der Waals surface area contributed by atoms with Crippen molar-refractivity contribution in [3.63, 3.8) is 0 Å². The Morgan fingerprint density at radius 3 is 2.67 bits per heavy atom. The molecule has 2 nitrogen and oxygen atoms in total. The predicted octanol–water partition coefficient (Wildman–Crippen LogP) is 4.02. The quantitative estimate of drug-likeness (QED) is 0.884. The first kappa shape index (κ1) is 14.6. The molecule has 0 amide bonds. The molecular weight excluding hydrogens is 287 g/mol. The highest BCUT2D eigenvalue weighted by atomic mass is 35.5. The van der Waals surface area contributed by atoms with Crippen molar-refractivity contribution in [1.82, 2.24) is 10.2 Å². The first-order valence-electron chi connectivity index (χ1n) is 6.54. The molecule has 1 atom stereocenters. The van der Waals surface area contributed by atoms with Gasteiger partial charge in [0.05, 0.1) is 8.67 Å². The summed E-state index contributed by atoms with van der Waals surface area (Å²) in [6.45, 7) is 6.65. The lowest BCUT2D eigenvalue weighted by molar-refractivity contribution is 0.209. The number of hydrogen-bond donors (Lipinski definition) is 1. The van der Waals surface area contributed by atoms with Crippen molar-refractivity contribution in [2.45, 2.75) is 38.8 Å². The number of piperidine rings is 1. The van der Waals surface area contributed by atoms with Gasteiger partial charge in [-0.1, -0.05) is 29.6 Å². The number of halogens is 2. The standard InChI is InChI=1S/C13H20Cl2N2S/c1-10(9-17-5-3-2-4-6-17)16-8-11-7-12(14)18-13(11)15/h7,10,16H,2-6,8-9H2,1H3. The summed E-state index contributed by atoms with van der Waals surface area (Å²) < 4.78 is 1.57. The van der Waals surface area contributed by atoms with E-state index in [0.717, 1.165) is 27.3 Å². The molecule has 0 aromatic carbocycles. The molecule has 1 saturated heterocycles. The molecule has 1 aliphatic heterocycles. The maximum atomic E-state index is 6.10. The Morgan fingerprint density at radius 1 is 1.33 bits per heavy atom. The van der Waals surface area contributed by atoms with Crippen LogP contribution >= 0.6 is 34.5 Å². The van der Waals surface area contributed by atoms with Crippen LogP contribution in [-0.4, -0.2) is 30.6 Å². The zero-order valence-electron chi connectivity index (χ0n) is 10.7. The Hall–Kier alpha value is 0.200. The smallest absolute Gasteiger partial charge is 0.0989 e. The number of likely N-dealkylation sites (tertiary alicyclic amines) is 1. The van der Waals surface area contributed by atoms with Gasteiger partial charge < -0.3 is 10.2 Å². The van der Waals surface area contributed by atoms with Crippen LogP contribution in [0.3, 0.4) is 0 Å². The molecule has 0 bridgehead atoms. The zero-order chi connectivity index (χ0) is 13.0. The number of nitrogens with one attached hydrogen (secondary N) is 1. The molecule has 18 heavy (non-hydrogen) atoms. The Balaban J connectivity index is 1.74. The molecule has 1 aromatic heterocycles. The number of rotatable bonds is 5. The largest absolute Gasteiger partial charge is 0.309 e. The van der Waals surface area contributed by atoms with Crippen LogP contribution in [0.15, 0.2) is 6.07 Å². The minimum atomic E-state index is 0.484. The molecule has 1 fully saturated rings. The summed E-state index contributed by atoms with van der Waals surface area (Å²) in [7, 11) is 0. The van der Waals surface area contributed by atoms with Crippen molar-refractivity contribution in [2.24, 2.45) is 0 Å². The first-order chi connectivity index (χ1) is 8.65. The van der Waals surface area contributed by atoms with Gasteiger partial charge in [0.2, 0.25) is 0 Å². The topological polar surface area (TPSA) is 15.3 Å². The van der Waals surface area contributed by atoms with E-state index in [0.29, 0.717) is 6.04 Å². The summed E-state index contributed by atoms with van der Waals surface area (Å²) >= 11 is 13.5. The van der Waals surface area contributed by atoms with E-state index in [9.17, 15) is 0 Å². The highest BCUT2D eigenvalue weighted by molar-refractivity contribution is 7.20. The fourth-order valence-electron chi connectivity index (χ4n) is 2.37. The summed E-state index contributed by atoms with van der Waals surface area (Å²) in [5.74, 6) is 0. The minimum Gasteiger partial charge on any atom is -0.309 e. The number of hydrogen-bond acceptors (Lipinski definition) is 3. The summed E-state index contributed by atoms with van der Waals surface area (Å²) in [5.41, 5.74) is 1.11. The second-order valence-corrected chi connectivity index (χ2v) is 7.28. The van der Waals surface area contributed by atoms with E-state index in [1.165, 1.54) is 43.7 Å². The Bertz CT molecular complexity index is 375. The monoisotopic (exact) mass is 306 g/mol. The number of nitrogens with zero attached hydrogens (tertiary/aromatic N) is 1. The molecule has 2 heterocycles. The van der Waals surface area contributed by atoms with Crippen LogP contribution in [0.1, 0.15) is 31.7 Å². The highest BCUT2D eigenvalue weighted by Crippen LogP contribution is 2.30. The van der Waals surface area contributed by atoms with Gasteiger partial charge in [0.15, 0.2) is 0 Å². The molecule has 1 unspecified atom stereocenters. The molecule has 1 N–H and O–H groups in total. The second-order valence-electron chi connectivity index (χ2n) is 4.99. The first-order valence-corrected chi connectivity index (χ1v) is 8.12. The van der Waals surface area contributed by atoms with Gasteiger partial charge in [0, 0.05) is 19.1 Å². The van der Waals surface area contributed by atoms with E-state index >= 15 is 0 Å². The van der Waals surface area contributed by atoms with E-state index in [4.69, 9.17) is 23.2 Å². The molecular formula is C13H20Cl2N2S. The third-order valence-electron chi connectivity index (χ3n) is 3.35. The van der Waals surface area contributed by atoms with Gasteiger partial charge in [0.1, 0.15) is 0 Å². The van der Waals surface area contributed by atoms with Crippen LogP contribution in [0.25, 0.3) is 0 Å². The van der Waals surface area contributed by atoms with Crippen molar-refractivity contribution in [3.05, 3.63) is 20.3 Å². The molecule has 102 valence electrons. The SMILES string of the molecule is CC(CN1CCCCC1)NCc1cc(Cl)sc1Cl. The summed E-state index contributed by atoms with van der Waals surface area (Å²) in [6, 6.07) is 2.44. The van der Waals surface area contributed by atoms with E-state index in [1.807, 2.05) is 6.07 Å². The lowest BCUT2D eigenvalue weighted by Gasteiger charge is -2.29. The molecule has 0 saturated carbocycles. The lowest BCUT2D eigenvalue weighted by Crippen LogP contribution is -2.41. The lowest BCUT2D eigenvalue weighted by atomic mass is 10.1. The van der Waals surface area contributed by atoms with Crippen molar-refractivity contribution in [1.29, 1.82) is 0 Å². The third kappa shape index (κ3) is 4.39. The summed E-state index contributed by atoms with van der Waals surface area (Å²) in [5, 5.41) is 3.52. The maximum absolute atomic E-state index is 6.10. The number of thiophene rings is 1. The molecule has 0 spiro atoms. The molecule has 1 aromatic rings. The zero-order valence-corrected chi connectivity index (χ0v) is 13.0. The van der Waals surface area contributed by atoms with Crippen molar-refractivity contribution >= 4 is 34.5 Å². The second kappa shape index (κ2) is 7.11. The van der Waals surface area contributed by atoms with Crippen molar-refractivity contribution < 1.29 is 0 Å².